The Labute approximate surface area is 123 Å². The Hall–Kier alpha value is -0.120. The molecule has 3 heteroatoms. The van der Waals surface area contributed by atoms with Crippen LogP contribution in [0.5, 0.6) is 0 Å². The average Bonchev–Trinajstić information content (AvgIpc) is 3.13. The molecule has 3 rings (SSSR count). The summed E-state index contributed by atoms with van der Waals surface area (Å²) in [5.74, 6) is 0.798. The molecule has 0 radical (unpaired) electrons. The van der Waals surface area contributed by atoms with Crippen LogP contribution < -0.4 is 5.32 Å². The van der Waals surface area contributed by atoms with Gasteiger partial charge in [-0.2, -0.15) is 0 Å². The van der Waals surface area contributed by atoms with Crippen molar-refractivity contribution in [3.8, 4) is 0 Å². The normalized spacial score (nSPS) is 41.9. The highest BCUT2D eigenvalue weighted by Crippen LogP contribution is 2.66. The van der Waals surface area contributed by atoms with E-state index in [9.17, 15) is 5.11 Å². The number of aliphatic hydroxyl groups is 1. The van der Waals surface area contributed by atoms with Crippen molar-refractivity contribution < 1.29 is 9.84 Å². The van der Waals surface area contributed by atoms with Gasteiger partial charge in [0.15, 0.2) is 0 Å². The summed E-state index contributed by atoms with van der Waals surface area (Å²) >= 11 is 0. The second-order valence-electron chi connectivity index (χ2n) is 8.56. The molecule has 20 heavy (non-hydrogen) atoms. The highest BCUT2D eigenvalue weighted by molar-refractivity contribution is 5.11. The van der Waals surface area contributed by atoms with Gasteiger partial charge in [-0.1, -0.05) is 20.8 Å². The van der Waals surface area contributed by atoms with Crippen molar-refractivity contribution in [1.82, 2.24) is 5.32 Å². The lowest BCUT2D eigenvalue weighted by Gasteiger charge is -2.40. The summed E-state index contributed by atoms with van der Waals surface area (Å²) in [7, 11) is 0. The van der Waals surface area contributed by atoms with Gasteiger partial charge in [0, 0.05) is 12.6 Å². The SMILES string of the molecule is CC(O)(CNC1CC1)COC1CC2CCC1(C)C2(C)C. The van der Waals surface area contributed by atoms with Gasteiger partial charge in [0.05, 0.1) is 18.3 Å². The van der Waals surface area contributed by atoms with E-state index in [2.05, 4.69) is 26.1 Å². The topological polar surface area (TPSA) is 41.5 Å². The van der Waals surface area contributed by atoms with Gasteiger partial charge >= 0.3 is 0 Å². The minimum atomic E-state index is -0.745. The molecule has 0 aromatic heterocycles. The molecule has 0 saturated heterocycles. The van der Waals surface area contributed by atoms with Crippen LogP contribution in [0.4, 0.5) is 0 Å². The monoisotopic (exact) mass is 281 g/mol. The molecule has 4 unspecified atom stereocenters. The van der Waals surface area contributed by atoms with Crippen molar-refractivity contribution >= 4 is 0 Å². The third-order valence-electron chi connectivity index (χ3n) is 6.66. The predicted octanol–water partition coefficient (Wildman–Crippen LogP) is 2.72. The highest BCUT2D eigenvalue weighted by atomic mass is 16.5. The van der Waals surface area contributed by atoms with Crippen LogP contribution >= 0.6 is 0 Å². The van der Waals surface area contributed by atoms with Crippen molar-refractivity contribution in [2.45, 2.75) is 77.5 Å². The first-order chi connectivity index (χ1) is 9.25. The molecule has 0 amide bonds. The van der Waals surface area contributed by atoms with E-state index in [1.165, 1.54) is 32.1 Å². The summed E-state index contributed by atoms with van der Waals surface area (Å²) in [4.78, 5) is 0. The van der Waals surface area contributed by atoms with E-state index in [-0.39, 0.29) is 5.41 Å². The summed E-state index contributed by atoms with van der Waals surface area (Å²) in [6, 6.07) is 0.639. The Balaban J connectivity index is 1.53. The van der Waals surface area contributed by atoms with Gasteiger partial charge in [-0.15, -0.1) is 0 Å². The van der Waals surface area contributed by atoms with Crippen LogP contribution in [0.15, 0.2) is 0 Å². The number of hydrogen-bond donors (Lipinski definition) is 2. The maximum atomic E-state index is 10.4. The Morgan fingerprint density at radius 2 is 1.95 bits per heavy atom. The van der Waals surface area contributed by atoms with Gasteiger partial charge in [0.1, 0.15) is 0 Å². The van der Waals surface area contributed by atoms with E-state index < -0.39 is 5.60 Å². The predicted molar refractivity (Wildman–Crippen MR) is 80.6 cm³/mol. The minimum Gasteiger partial charge on any atom is -0.386 e. The van der Waals surface area contributed by atoms with Gasteiger partial charge in [0.25, 0.3) is 0 Å². The van der Waals surface area contributed by atoms with Crippen molar-refractivity contribution in [3.63, 3.8) is 0 Å². The van der Waals surface area contributed by atoms with Crippen LogP contribution in [0.3, 0.4) is 0 Å². The molecule has 0 spiro atoms. The lowest BCUT2D eigenvalue weighted by atomic mass is 9.70. The molecular weight excluding hydrogens is 250 g/mol. The molecular formula is C17H31NO2. The van der Waals surface area contributed by atoms with Crippen molar-refractivity contribution in [3.05, 3.63) is 0 Å². The lowest BCUT2D eigenvalue weighted by Crippen LogP contribution is -2.45. The van der Waals surface area contributed by atoms with E-state index in [1.54, 1.807) is 0 Å². The van der Waals surface area contributed by atoms with Gasteiger partial charge in [-0.05, 0) is 55.8 Å². The summed E-state index contributed by atoms with van der Waals surface area (Å²) < 4.78 is 6.20. The Kier molecular flexibility index (Phi) is 3.47. The fraction of sp³-hybridized carbons (Fsp3) is 1.00. The Morgan fingerprint density at radius 3 is 2.45 bits per heavy atom. The molecule has 0 aromatic rings. The Bertz CT molecular complexity index is 375. The zero-order valence-corrected chi connectivity index (χ0v) is 13.5. The number of nitrogens with one attached hydrogen (secondary N) is 1. The zero-order chi connectivity index (χ0) is 14.6. The minimum absolute atomic E-state index is 0.289. The number of fused-ring (bicyclic) bond motifs is 2. The molecule has 4 atom stereocenters. The summed E-state index contributed by atoms with van der Waals surface area (Å²) in [5, 5.41) is 13.9. The van der Waals surface area contributed by atoms with E-state index >= 15 is 0 Å². The van der Waals surface area contributed by atoms with E-state index in [0.29, 0.717) is 30.7 Å². The van der Waals surface area contributed by atoms with Crippen LogP contribution in [0.1, 0.15) is 59.8 Å². The van der Waals surface area contributed by atoms with Crippen LogP contribution in [0.2, 0.25) is 0 Å². The van der Waals surface area contributed by atoms with Crippen LogP contribution in [0.25, 0.3) is 0 Å². The van der Waals surface area contributed by atoms with Crippen molar-refractivity contribution in [2.75, 3.05) is 13.2 Å². The second kappa shape index (κ2) is 4.69. The second-order valence-corrected chi connectivity index (χ2v) is 8.56. The molecule has 2 N–H and O–H groups in total. The number of rotatable bonds is 6. The molecule has 2 bridgehead atoms. The van der Waals surface area contributed by atoms with Crippen LogP contribution in [-0.4, -0.2) is 36.0 Å². The standard InChI is InChI=1S/C17H31NO2/c1-15(2)12-7-8-17(15,4)14(9-12)20-11-16(3,19)10-18-13-5-6-13/h12-14,18-19H,5-11H2,1-4H3. The first kappa shape index (κ1) is 14.8. The maximum Gasteiger partial charge on any atom is 0.0975 e. The summed E-state index contributed by atoms with van der Waals surface area (Å²) in [6.07, 6.45) is 6.64. The van der Waals surface area contributed by atoms with Crippen LogP contribution in [0, 0.1) is 16.7 Å². The lowest BCUT2D eigenvalue weighted by molar-refractivity contribution is -0.104. The highest BCUT2D eigenvalue weighted by Gasteiger charge is 2.62. The molecule has 3 aliphatic carbocycles. The first-order valence-corrected chi connectivity index (χ1v) is 8.32. The molecule has 0 aromatic carbocycles. The molecule has 116 valence electrons. The van der Waals surface area contributed by atoms with E-state index in [0.717, 1.165) is 5.92 Å². The molecule has 3 fully saturated rings. The van der Waals surface area contributed by atoms with Gasteiger partial charge in [-0.3, -0.25) is 0 Å². The molecule has 3 aliphatic rings. The van der Waals surface area contributed by atoms with Crippen molar-refractivity contribution in [2.24, 2.45) is 16.7 Å². The van der Waals surface area contributed by atoms with Gasteiger partial charge < -0.3 is 15.2 Å². The summed E-state index contributed by atoms with van der Waals surface area (Å²) in [5.41, 5.74) is -0.0711. The molecule has 3 saturated carbocycles. The van der Waals surface area contributed by atoms with Gasteiger partial charge in [-0.25, -0.2) is 0 Å². The number of hydrogen-bond acceptors (Lipinski definition) is 3. The zero-order valence-electron chi connectivity index (χ0n) is 13.5. The Morgan fingerprint density at radius 1 is 1.25 bits per heavy atom. The molecule has 3 nitrogen and oxygen atoms in total. The third kappa shape index (κ3) is 2.42. The van der Waals surface area contributed by atoms with Crippen molar-refractivity contribution in [1.29, 1.82) is 0 Å². The van der Waals surface area contributed by atoms with Gasteiger partial charge in [0.2, 0.25) is 0 Å². The quantitative estimate of drug-likeness (QED) is 0.786. The fourth-order valence-electron chi connectivity index (χ4n) is 4.37. The fourth-order valence-corrected chi connectivity index (χ4v) is 4.37. The first-order valence-electron chi connectivity index (χ1n) is 8.32. The molecule has 0 heterocycles. The number of ether oxygens (including phenoxy) is 1. The largest absolute Gasteiger partial charge is 0.386 e. The molecule has 0 aliphatic heterocycles. The van der Waals surface area contributed by atoms with E-state index in [1.807, 2.05) is 6.92 Å². The van der Waals surface area contributed by atoms with Crippen LogP contribution in [-0.2, 0) is 4.74 Å². The third-order valence-corrected chi connectivity index (χ3v) is 6.66. The van der Waals surface area contributed by atoms with E-state index in [4.69, 9.17) is 4.74 Å². The smallest absolute Gasteiger partial charge is 0.0975 e. The maximum absolute atomic E-state index is 10.4. The summed E-state index contributed by atoms with van der Waals surface area (Å²) in [6.45, 7) is 10.2. The average molecular weight is 281 g/mol.